The largest absolute Gasteiger partial charge is 0.386 e. The van der Waals surface area contributed by atoms with Crippen molar-refractivity contribution in [3.8, 4) is 0 Å². The van der Waals surface area contributed by atoms with Gasteiger partial charge in [0, 0.05) is 38.4 Å². The third-order valence-corrected chi connectivity index (χ3v) is 11.0. The van der Waals surface area contributed by atoms with E-state index < -0.39 is 25.6 Å². The highest BCUT2D eigenvalue weighted by atomic mass is 32.2. The Bertz CT molecular complexity index is 1190. The topological polar surface area (TPSA) is 98.2 Å². The Balaban J connectivity index is 1.63. The monoisotopic (exact) mass is 527 g/mol. The fourth-order valence-corrected chi connectivity index (χ4v) is 7.85. The molecular formula is C23H33N3O5S3. The Morgan fingerprint density at radius 3 is 2.26 bits per heavy atom. The van der Waals surface area contributed by atoms with Crippen molar-refractivity contribution >= 4 is 37.1 Å². The highest BCUT2D eigenvalue weighted by Crippen LogP contribution is 2.32. The first-order valence-electron chi connectivity index (χ1n) is 11.4. The Morgan fingerprint density at radius 1 is 1.06 bits per heavy atom. The Morgan fingerprint density at radius 2 is 1.74 bits per heavy atom. The van der Waals surface area contributed by atoms with Gasteiger partial charge in [-0.3, -0.25) is 0 Å². The highest BCUT2D eigenvalue weighted by molar-refractivity contribution is 7.91. The summed E-state index contributed by atoms with van der Waals surface area (Å²) in [4.78, 5) is 2.10. The molecule has 2 aromatic rings. The number of anilines is 1. The zero-order valence-electron chi connectivity index (χ0n) is 19.8. The molecule has 1 saturated carbocycles. The molecule has 1 aromatic heterocycles. The van der Waals surface area contributed by atoms with E-state index in [4.69, 9.17) is 0 Å². The van der Waals surface area contributed by atoms with E-state index in [0.29, 0.717) is 29.8 Å². The normalized spacial score (nSPS) is 20.7. The molecule has 1 saturated heterocycles. The van der Waals surface area contributed by atoms with E-state index in [1.54, 1.807) is 31.4 Å². The number of rotatable bonds is 9. The second-order valence-electron chi connectivity index (χ2n) is 9.77. The summed E-state index contributed by atoms with van der Waals surface area (Å²) in [5.41, 5.74) is 0.687. The van der Waals surface area contributed by atoms with E-state index in [9.17, 15) is 21.9 Å². The van der Waals surface area contributed by atoms with Gasteiger partial charge in [0.05, 0.1) is 17.9 Å². The lowest BCUT2D eigenvalue weighted by Crippen LogP contribution is -2.59. The molecule has 188 valence electrons. The van der Waals surface area contributed by atoms with E-state index in [0.717, 1.165) is 24.1 Å². The number of hydrogen-bond donors (Lipinski definition) is 1. The van der Waals surface area contributed by atoms with Crippen molar-refractivity contribution in [3.05, 3.63) is 47.3 Å². The van der Waals surface area contributed by atoms with E-state index >= 15 is 0 Å². The van der Waals surface area contributed by atoms with E-state index in [-0.39, 0.29) is 19.1 Å². The number of thiophene rings is 1. The van der Waals surface area contributed by atoms with Crippen LogP contribution >= 0.6 is 11.3 Å². The lowest BCUT2D eigenvalue weighted by atomic mass is 9.98. The molecule has 0 unspecified atom stereocenters. The van der Waals surface area contributed by atoms with Crippen molar-refractivity contribution in [1.82, 2.24) is 8.61 Å². The molecule has 2 heterocycles. The SMILES string of the molecule is CC(C)(O)c1ccc(N2CCN(S(=O)(=O)c3cccs3)C[C@@H]2CN(CC2CC2)S(C)(=O)=O)cc1. The van der Waals surface area contributed by atoms with Gasteiger partial charge in [0.15, 0.2) is 0 Å². The molecule has 0 spiro atoms. The van der Waals surface area contributed by atoms with Gasteiger partial charge in [-0.1, -0.05) is 18.2 Å². The summed E-state index contributed by atoms with van der Waals surface area (Å²) in [6, 6.07) is 10.5. The summed E-state index contributed by atoms with van der Waals surface area (Å²) in [5.74, 6) is 0.379. The zero-order chi connectivity index (χ0) is 24.7. The fraction of sp³-hybridized carbons (Fsp3) is 0.565. The lowest BCUT2D eigenvalue weighted by molar-refractivity contribution is 0.0786. The summed E-state index contributed by atoms with van der Waals surface area (Å²) in [6.45, 7) is 5.09. The van der Waals surface area contributed by atoms with Crippen LogP contribution in [0.2, 0.25) is 0 Å². The maximum Gasteiger partial charge on any atom is 0.252 e. The van der Waals surface area contributed by atoms with Crippen molar-refractivity contribution in [2.45, 2.75) is 42.5 Å². The van der Waals surface area contributed by atoms with E-state index in [1.807, 2.05) is 24.3 Å². The lowest BCUT2D eigenvalue weighted by Gasteiger charge is -2.43. The molecule has 1 N–H and O–H groups in total. The molecule has 2 fully saturated rings. The van der Waals surface area contributed by atoms with Gasteiger partial charge in [-0.15, -0.1) is 11.3 Å². The number of sulfonamides is 2. The van der Waals surface area contributed by atoms with Gasteiger partial charge in [-0.2, -0.15) is 8.61 Å². The maximum absolute atomic E-state index is 13.2. The molecule has 8 nitrogen and oxygen atoms in total. The summed E-state index contributed by atoms with van der Waals surface area (Å²) in [6.07, 6.45) is 3.27. The molecule has 0 radical (unpaired) electrons. The van der Waals surface area contributed by atoms with Crippen LogP contribution in [0.4, 0.5) is 5.69 Å². The Hall–Kier alpha value is -1.50. The minimum Gasteiger partial charge on any atom is -0.386 e. The summed E-state index contributed by atoms with van der Waals surface area (Å²) < 4.78 is 54.9. The standard InChI is InChI=1S/C23H33N3O5S3/c1-23(2,27)19-8-10-20(11-9-19)26-13-12-24(34(30,31)22-5-4-14-32-22)16-21(26)17-25(33(3,28)29)15-18-6-7-18/h4-5,8-11,14,18,21,27H,6-7,12-13,15-17H2,1-3H3/t21-/m1/s1. The molecule has 1 atom stereocenters. The molecule has 0 bridgehead atoms. The van der Waals surface area contributed by atoms with Crippen LogP contribution in [0.25, 0.3) is 0 Å². The Kier molecular flexibility index (Phi) is 7.16. The average Bonchev–Trinajstić information content (AvgIpc) is 3.40. The summed E-state index contributed by atoms with van der Waals surface area (Å²) in [7, 11) is -7.08. The van der Waals surface area contributed by atoms with E-state index in [1.165, 1.54) is 26.2 Å². The predicted octanol–water partition coefficient (Wildman–Crippen LogP) is 2.53. The zero-order valence-corrected chi connectivity index (χ0v) is 22.2. The van der Waals surface area contributed by atoms with Gasteiger partial charge in [0.1, 0.15) is 4.21 Å². The number of benzene rings is 1. The minimum atomic E-state index is -3.64. The number of aliphatic hydroxyl groups is 1. The molecule has 1 aromatic carbocycles. The van der Waals surface area contributed by atoms with Gasteiger partial charge in [0.2, 0.25) is 10.0 Å². The van der Waals surface area contributed by atoms with E-state index in [2.05, 4.69) is 4.90 Å². The number of hydrogen-bond acceptors (Lipinski definition) is 7. The summed E-state index contributed by atoms with van der Waals surface area (Å²) >= 11 is 1.19. The van der Waals surface area contributed by atoms with Crippen LogP contribution in [-0.2, 0) is 25.6 Å². The van der Waals surface area contributed by atoms with Crippen LogP contribution in [0.1, 0.15) is 32.3 Å². The smallest absolute Gasteiger partial charge is 0.252 e. The predicted molar refractivity (Wildman–Crippen MR) is 135 cm³/mol. The molecular weight excluding hydrogens is 494 g/mol. The molecule has 11 heteroatoms. The number of nitrogens with zero attached hydrogens (tertiary/aromatic N) is 3. The molecule has 2 aliphatic rings. The Labute approximate surface area is 206 Å². The second kappa shape index (κ2) is 9.51. The minimum absolute atomic E-state index is 0.199. The van der Waals surface area contributed by atoms with Gasteiger partial charge >= 0.3 is 0 Å². The molecule has 34 heavy (non-hydrogen) atoms. The first-order chi connectivity index (χ1) is 15.9. The molecule has 4 rings (SSSR count). The van der Waals surface area contributed by atoms with Crippen LogP contribution in [0.3, 0.4) is 0 Å². The number of piperazine rings is 1. The first kappa shape index (κ1) is 25.6. The molecule has 1 aliphatic carbocycles. The van der Waals surface area contributed by atoms with Gasteiger partial charge in [-0.05, 0) is 61.7 Å². The summed E-state index contributed by atoms with van der Waals surface area (Å²) in [5, 5.41) is 12.0. The van der Waals surface area contributed by atoms with Crippen LogP contribution in [-0.4, -0.2) is 75.6 Å². The fourth-order valence-electron chi connectivity index (χ4n) is 4.31. The quantitative estimate of drug-likeness (QED) is 0.538. The average molecular weight is 528 g/mol. The van der Waals surface area contributed by atoms with Gasteiger partial charge in [0.25, 0.3) is 10.0 Å². The molecule has 0 amide bonds. The van der Waals surface area contributed by atoms with Crippen LogP contribution < -0.4 is 4.90 Å². The van der Waals surface area contributed by atoms with Crippen LogP contribution in [0.15, 0.2) is 46.0 Å². The van der Waals surface area contributed by atoms with Gasteiger partial charge in [-0.25, -0.2) is 16.8 Å². The highest BCUT2D eigenvalue weighted by Gasteiger charge is 2.38. The second-order valence-corrected chi connectivity index (χ2v) is 14.9. The van der Waals surface area contributed by atoms with Crippen molar-refractivity contribution < 1.29 is 21.9 Å². The van der Waals surface area contributed by atoms with Crippen LogP contribution in [0.5, 0.6) is 0 Å². The maximum atomic E-state index is 13.2. The first-order valence-corrected chi connectivity index (χ1v) is 15.6. The van der Waals surface area contributed by atoms with Gasteiger partial charge < -0.3 is 10.0 Å². The van der Waals surface area contributed by atoms with Crippen LogP contribution in [0, 0.1) is 5.92 Å². The third-order valence-electron chi connectivity index (χ3n) is 6.48. The van der Waals surface area contributed by atoms with Crippen molar-refractivity contribution in [3.63, 3.8) is 0 Å². The molecule has 1 aliphatic heterocycles. The van der Waals surface area contributed by atoms with Crippen molar-refractivity contribution in [2.75, 3.05) is 43.9 Å². The third kappa shape index (κ3) is 5.83. The van der Waals surface area contributed by atoms with Crippen molar-refractivity contribution in [1.29, 1.82) is 0 Å². The van der Waals surface area contributed by atoms with Crippen molar-refractivity contribution in [2.24, 2.45) is 5.92 Å².